The zero-order chi connectivity index (χ0) is 15.8. The van der Waals surface area contributed by atoms with Gasteiger partial charge in [-0.05, 0) is 49.7 Å². The summed E-state index contributed by atoms with van der Waals surface area (Å²) in [5.41, 5.74) is 3.87. The number of anilines is 1. The highest BCUT2D eigenvalue weighted by molar-refractivity contribution is 6.30. The maximum Gasteiger partial charge on any atom is 0.137 e. The van der Waals surface area contributed by atoms with Crippen molar-refractivity contribution < 1.29 is 0 Å². The van der Waals surface area contributed by atoms with Crippen LogP contribution in [0.2, 0.25) is 5.02 Å². The summed E-state index contributed by atoms with van der Waals surface area (Å²) in [4.78, 5) is 9.21. The Balaban J connectivity index is 1.75. The quantitative estimate of drug-likeness (QED) is 0.776. The molecule has 1 saturated heterocycles. The standard InChI is InChI=1S/C17H18ClN5/c1-11-6-14(22-16(7-11)21-13-4-5-19-8-13)15-9-20-17-3-2-12(18)10-23(15)17/h2-3,6-7,9-10,13,19H,4-5,8H2,1H3,(H,21,22). The van der Waals surface area contributed by atoms with E-state index in [0.29, 0.717) is 11.1 Å². The van der Waals surface area contributed by atoms with Gasteiger partial charge in [-0.1, -0.05) is 11.6 Å². The average molecular weight is 328 g/mol. The first-order valence-corrected chi connectivity index (χ1v) is 8.16. The van der Waals surface area contributed by atoms with E-state index in [1.54, 1.807) is 0 Å². The van der Waals surface area contributed by atoms with Crippen molar-refractivity contribution >= 4 is 23.1 Å². The minimum atomic E-state index is 0.439. The third-order valence-corrected chi connectivity index (χ3v) is 4.34. The van der Waals surface area contributed by atoms with Crippen LogP contribution in [0.3, 0.4) is 0 Å². The molecule has 6 heteroatoms. The second kappa shape index (κ2) is 5.83. The Morgan fingerprint density at radius 1 is 1.35 bits per heavy atom. The number of aryl methyl sites for hydroxylation is 1. The van der Waals surface area contributed by atoms with E-state index in [9.17, 15) is 0 Å². The van der Waals surface area contributed by atoms with Crippen molar-refractivity contribution in [3.8, 4) is 11.4 Å². The van der Waals surface area contributed by atoms with Crippen molar-refractivity contribution in [2.75, 3.05) is 18.4 Å². The summed E-state index contributed by atoms with van der Waals surface area (Å²) in [5.74, 6) is 0.908. The maximum atomic E-state index is 6.12. The third kappa shape index (κ3) is 2.90. The molecule has 1 aliphatic heterocycles. The molecule has 3 aromatic heterocycles. The second-order valence-electron chi connectivity index (χ2n) is 5.97. The van der Waals surface area contributed by atoms with Crippen LogP contribution in [-0.2, 0) is 0 Å². The Morgan fingerprint density at radius 3 is 3.09 bits per heavy atom. The lowest BCUT2D eigenvalue weighted by Gasteiger charge is -2.14. The molecule has 0 radical (unpaired) electrons. The first kappa shape index (κ1) is 14.5. The van der Waals surface area contributed by atoms with Crippen LogP contribution in [0.15, 0.2) is 36.7 Å². The fourth-order valence-electron chi connectivity index (χ4n) is 3.00. The summed E-state index contributed by atoms with van der Waals surface area (Å²) >= 11 is 6.12. The minimum absolute atomic E-state index is 0.439. The molecule has 4 heterocycles. The summed E-state index contributed by atoms with van der Waals surface area (Å²) < 4.78 is 1.98. The van der Waals surface area contributed by atoms with Gasteiger partial charge in [-0.15, -0.1) is 0 Å². The normalized spacial score (nSPS) is 17.7. The molecule has 3 aromatic rings. The van der Waals surface area contributed by atoms with Gasteiger partial charge >= 0.3 is 0 Å². The predicted molar refractivity (Wildman–Crippen MR) is 93.1 cm³/mol. The Labute approximate surface area is 139 Å². The van der Waals surface area contributed by atoms with Gasteiger partial charge in [-0.3, -0.25) is 4.40 Å². The van der Waals surface area contributed by atoms with E-state index < -0.39 is 0 Å². The molecule has 1 fully saturated rings. The Morgan fingerprint density at radius 2 is 2.26 bits per heavy atom. The molecular weight excluding hydrogens is 310 g/mol. The molecule has 0 aliphatic carbocycles. The SMILES string of the molecule is Cc1cc(NC2CCNC2)nc(-c2cnc3ccc(Cl)cn23)c1. The molecular formula is C17H18ClN5. The van der Waals surface area contributed by atoms with Gasteiger partial charge in [0, 0.05) is 18.8 Å². The Hall–Kier alpha value is -2.11. The highest BCUT2D eigenvalue weighted by Gasteiger charge is 2.15. The van der Waals surface area contributed by atoms with Crippen LogP contribution in [0.5, 0.6) is 0 Å². The first-order valence-electron chi connectivity index (χ1n) is 7.78. The van der Waals surface area contributed by atoms with Crippen molar-refractivity contribution in [1.29, 1.82) is 0 Å². The van der Waals surface area contributed by atoms with Crippen LogP contribution in [-0.4, -0.2) is 33.5 Å². The average Bonchev–Trinajstić information content (AvgIpc) is 3.15. The van der Waals surface area contributed by atoms with Gasteiger partial charge in [0.15, 0.2) is 0 Å². The topological polar surface area (TPSA) is 54.2 Å². The van der Waals surface area contributed by atoms with Gasteiger partial charge in [0.25, 0.3) is 0 Å². The molecule has 1 unspecified atom stereocenters. The van der Waals surface area contributed by atoms with Crippen molar-refractivity contribution in [3.63, 3.8) is 0 Å². The van der Waals surface area contributed by atoms with E-state index in [2.05, 4.69) is 34.7 Å². The van der Waals surface area contributed by atoms with Gasteiger partial charge in [-0.25, -0.2) is 9.97 Å². The number of pyridine rings is 2. The number of nitrogens with zero attached hydrogens (tertiary/aromatic N) is 3. The number of rotatable bonds is 3. The monoisotopic (exact) mass is 327 g/mol. The highest BCUT2D eigenvalue weighted by Crippen LogP contribution is 2.24. The summed E-state index contributed by atoms with van der Waals surface area (Å²) in [6, 6.07) is 8.34. The Kier molecular flexibility index (Phi) is 3.67. The van der Waals surface area contributed by atoms with E-state index in [-0.39, 0.29) is 0 Å². The lowest BCUT2D eigenvalue weighted by Crippen LogP contribution is -2.22. The zero-order valence-corrected chi connectivity index (χ0v) is 13.6. The summed E-state index contributed by atoms with van der Waals surface area (Å²) in [5, 5.41) is 7.56. The van der Waals surface area contributed by atoms with E-state index in [1.807, 2.05) is 28.9 Å². The van der Waals surface area contributed by atoms with Gasteiger partial charge in [0.2, 0.25) is 0 Å². The lowest BCUT2D eigenvalue weighted by atomic mass is 10.2. The molecule has 0 aromatic carbocycles. The first-order chi connectivity index (χ1) is 11.2. The molecule has 0 bridgehead atoms. The summed E-state index contributed by atoms with van der Waals surface area (Å²) in [7, 11) is 0. The molecule has 0 spiro atoms. The largest absolute Gasteiger partial charge is 0.366 e. The van der Waals surface area contributed by atoms with E-state index >= 15 is 0 Å². The van der Waals surface area contributed by atoms with Crippen LogP contribution < -0.4 is 10.6 Å². The third-order valence-electron chi connectivity index (χ3n) is 4.11. The molecule has 118 valence electrons. The van der Waals surface area contributed by atoms with Gasteiger partial charge in [0.05, 0.1) is 22.6 Å². The van der Waals surface area contributed by atoms with Crippen LogP contribution in [0, 0.1) is 6.92 Å². The number of hydrogen-bond donors (Lipinski definition) is 2. The van der Waals surface area contributed by atoms with Crippen molar-refractivity contribution in [2.45, 2.75) is 19.4 Å². The lowest BCUT2D eigenvalue weighted by molar-refractivity contribution is 0.788. The number of hydrogen-bond acceptors (Lipinski definition) is 4. The molecule has 2 N–H and O–H groups in total. The smallest absolute Gasteiger partial charge is 0.137 e. The van der Waals surface area contributed by atoms with Crippen LogP contribution in [0.4, 0.5) is 5.82 Å². The number of nitrogens with one attached hydrogen (secondary N) is 2. The van der Waals surface area contributed by atoms with Crippen LogP contribution in [0.25, 0.3) is 17.0 Å². The van der Waals surface area contributed by atoms with Crippen LogP contribution >= 0.6 is 11.6 Å². The van der Waals surface area contributed by atoms with E-state index in [1.165, 1.54) is 5.56 Å². The molecule has 0 saturated carbocycles. The Bertz CT molecular complexity index is 851. The fourth-order valence-corrected chi connectivity index (χ4v) is 3.16. The highest BCUT2D eigenvalue weighted by atomic mass is 35.5. The predicted octanol–water partition coefficient (Wildman–Crippen LogP) is 3.13. The number of aromatic nitrogens is 3. The van der Waals surface area contributed by atoms with Crippen LogP contribution in [0.1, 0.15) is 12.0 Å². The molecule has 23 heavy (non-hydrogen) atoms. The van der Waals surface area contributed by atoms with Gasteiger partial charge in [-0.2, -0.15) is 0 Å². The van der Waals surface area contributed by atoms with Gasteiger partial charge < -0.3 is 10.6 Å². The maximum absolute atomic E-state index is 6.12. The van der Waals surface area contributed by atoms with Gasteiger partial charge in [0.1, 0.15) is 11.5 Å². The van der Waals surface area contributed by atoms with Crippen molar-refractivity contribution in [2.24, 2.45) is 0 Å². The summed E-state index contributed by atoms with van der Waals surface area (Å²) in [6.07, 6.45) is 4.84. The fraction of sp³-hybridized carbons (Fsp3) is 0.294. The van der Waals surface area contributed by atoms with Crippen molar-refractivity contribution in [3.05, 3.63) is 47.2 Å². The minimum Gasteiger partial charge on any atom is -0.366 e. The number of halogens is 1. The molecule has 4 rings (SSSR count). The molecule has 5 nitrogen and oxygen atoms in total. The zero-order valence-electron chi connectivity index (χ0n) is 12.9. The van der Waals surface area contributed by atoms with E-state index in [0.717, 1.165) is 42.4 Å². The van der Waals surface area contributed by atoms with E-state index in [4.69, 9.17) is 16.6 Å². The molecule has 1 atom stereocenters. The molecule has 1 aliphatic rings. The second-order valence-corrected chi connectivity index (χ2v) is 6.40. The number of fused-ring (bicyclic) bond motifs is 1. The summed E-state index contributed by atoms with van der Waals surface area (Å²) in [6.45, 7) is 4.12. The number of imidazole rings is 1. The van der Waals surface area contributed by atoms with Crippen molar-refractivity contribution in [1.82, 2.24) is 19.7 Å². The molecule has 0 amide bonds.